The van der Waals surface area contributed by atoms with Crippen LogP contribution < -0.4 is 5.73 Å². The zero-order valence-corrected chi connectivity index (χ0v) is 16.2. The smallest absolute Gasteiger partial charge is 0.239 e. The number of carbonyl (C=O) groups is 1. The van der Waals surface area contributed by atoms with Crippen LogP contribution in [-0.4, -0.2) is 47.9 Å². The second kappa shape index (κ2) is 8.83. The number of hydrogen-bond donors (Lipinski definition) is 1. The van der Waals surface area contributed by atoms with Crippen LogP contribution in [0.3, 0.4) is 0 Å². The Balaban J connectivity index is 1.54. The van der Waals surface area contributed by atoms with Gasteiger partial charge < -0.3 is 10.6 Å². The van der Waals surface area contributed by atoms with E-state index in [1.807, 2.05) is 36.1 Å². The molecule has 2 aromatic carbocycles. The summed E-state index contributed by atoms with van der Waals surface area (Å²) in [7, 11) is 0. The highest BCUT2D eigenvalue weighted by Gasteiger charge is 2.28. The summed E-state index contributed by atoms with van der Waals surface area (Å²) in [6.07, 6.45) is 0.488. The minimum atomic E-state index is -0.568. The average molecular weight is 390 g/mol. The molecular formula is C21H25ClFN3O. The third-order valence-corrected chi connectivity index (χ3v) is 5.47. The number of carbonyl (C=O) groups excluding carboxylic acids is 1. The van der Waals surface area contributed by atoms with Gasteiger partial charge in [0.25, 0.3) is 0 Å². The Labute approximate surface area is 164 Å². The van der Waals surface area contributed by atoms with Crippen LogP contribution in [0.5, 0.6) is 0 Å². The molecule has 2 N–H and O–H groups in total. The highest BCUT2D eigenvalue weighted by atomic mass is 35.5. The molecule has 2 atom stereocenters. The van der Waals surface area contributed by atoms with Gasteiger partial charge >= 0.3 is 0 Å². The van der Waals surface area contributed by atoms with Crippen molar-refractivity contribution in [1.82, 2.24) is 9.80 Å². The monoisotopic (exact) mass is 389 g/mol. The van der Waals surface area contributed by atoms with Crippen LogP contribution in [0.2, 0.25) is 5.02 Å². The summed E-state index contributed by atoms with van der Waals surface area (Å²) >= 11 is 5.89. The fraction of sp³-hybridized carbons (Fsp3) is 0.381. The van der Waals surface area contributed by atoms with E-state index >= 15 is 0 Å². The zero-order valence-electron chi connectivity index (χ0n) is 15.4. The van der Waals surface area contributed by atoms with E-state index in [9.17, 15) is 9.18 Å². The lowest BCUT2D eigenvalue weighted by molar-refractivity contribution is -0.134. The maximum absolute atomic E-state index is 14.0. The molecule has 0 radical (unpaired) electrons. The maximum atomic E-state index is 14.0. The molecule has 3 rings (SSSR count). The van der Waals surface area contributed by atoms with Gasteiger partial charge in [0.2, 0.25) is 5.91 Å². The molecule has 1 fully saturated rings. The van der Waals surface area contributed by atoms with Crippen molar-refractivity contribution in [3.8, 4) is 0 Å². The highest BCUT2D eigenvalue weighted by molar-refractivity contribution is 6.30. The van der Waals surface area contributed by atoms with Gasteiger partial charge in [0.05, 0.1) is 6.04 Å². The molecule has 1 saturated heterocycles. The van der Waals surface area contributed by atoms with Gasteiger partial charge in [-0.3, -0.25) is 9.69 Å². The minimum absolute atomic E-state index is 0.0220. The number of rotatable bonds is 5. The Hall–Kier alpha value is -1.95. The van der Waals surface area contributed by atoms with Crippen molar-refractivity contribution in [2.45, 2.75) is 25.4 Å². The van der Waals surface area contributed by atoms with Crippen molar-refractivity contribution >= 4 is 17.5 Å². The summed E-state index contributed by atoms with van der Waals surface area (Å²) in [6, 6.07) is 13.7. The van der Waals surface area contributed by atoms with E-state index in [-0.39, 0.29) is 17.8 Å². The number of nitrogens with two attached hydrogens (primary N) is 1. The topological polar surface area (TPSA) is 49.6 Å². The first-order valence-electron chi connectivity index (χ1n) is 9.23. The second-order valence-electron chi connectivity index (χ2n) is 7.00. The molecule has 0 saturated carbocycles. The number of hydrogen-bond acceptors (Lipinski definition) is 3. The van der Waals surface area contributed by atoms with Gasteiger partial charge in [0.15, 0.2) is 0 Å². The predicted octanol–water partition coefficient (Wildman–Crippen LogP) is 3.25. The van der Waals surface area contributed by atoms with Crippen molar-refractivity contribution in [2.75, 3.05) is 26.2 Å². The molecule has 144 valence electrons. The van der Waals surface area contributed by atoms with E-state index in [4.69, 9.17) is 17.3 Å². The summed E-state index contributed by atoms with van der Waals surface area (Å²) in [5, 5.41) is 0.666. The number of nitrogens with zero attached hydrogens (tertiary/aromatic N) is 2. The molecule has 1 aliphatic rings. The zero-order chi connectivity index (χ0) is 19.4. The SMILES string of the molecule is CC(c1ccccc1F)N1CCN(C(=O)[C@H](N)Cc2ccc(Cl)cc2)CC1. The van der Waals surface area contributed by atoms with Gasteiger partial charge in [0, 0.05) is 42.8 Å². The molecular weight excluding hydrogens is 365 g/mol. The Morgan fingerprint density at radius 2 is 1.74 bits per heavy atom. The van der Waals surface area contributed by atoms with Crippen molar-refractivity contribution in [3.05, 3.63) is 70.5 Å². The summed E-state index contributed by atoms with van der Waals surface area (Å²) in [4.78, 5) is 16.7. The lowest BCUT2D eigenvalue weighted by atomic mass is 10.0. The van der Waals surface area contributed by atoms with Crippen LogP contribution in [0, 0.1) is 5.82 Å². The summed E-state index contributed by atoms with van der Waals surface area (Å²) in [6.45, 7) is 4.61. The third-order valence-electron chi connectivity index (χ3n) is 5.22. The van der Waals surface area contributed by atoms with Crippen LogP contribution in [0.25, 0.3) is 0 Å². The number of benzene rings is 2. The number of piperazine rings is 1. The van der Waals surface area contributed by atoms with Crippen molar-refractivity contribution in [3.63, 3.8) is 0 Å². The molecule has 4 nitrogen and oxygen atoms in total. The fourth-order valence-electron chi connectivity index (χ4n) is 3.54. The van der Waals surface area contributed by atoms with E-state index in [1.165, 1.54) is 6.07 Å². The maximum Gasteiger partial charge on any atom is 0.239 e. The Morgan fingerprint density at radius 1 is 1.11 bits per heavy atom. The van der Waals surface area contributed by atoms with Gasteiger partial charge in [0.1, 0.15) is 5.82 Å². The van der Waals surface area contributed by atoms with Gasteiger partial charge in [-0.15, -0.1) is 0 Å². The predicted molar refractivity (Wildman–Crippen MR) is 106 cm³/mol. The number of amides is 1. The Morgan fingerprint density at radius 3 is 2.37 bits per heavy atom. The molecule has 0 aliphatic carbocycles. The summed E-state index contributed by atoms with van der Waals surface area (Å²) in [5.41, 5.74) is 7.82. The first-order valence-corrected chi connectivity index (χ1v) is 9.61. The first-order chi connectivity index (χ1) is 13.0. The van der Waals surface area contributed by atoms with Crippen LogP contribution in [0.15, 0.2) is 48.5 Å². The molecule has 2 aromatic rings. The van der Waals surface area contributed by atoms with Crippen molar-refractivity contribution in [1.29, 1.82) is 0 Å². The average Bonchev–Trinajstić information content (AvgIpc) is 2.69. The Kier molecular flexibility index (Phi) is 6.47. The lowest BCUT2D eigenvalue weighted by Crippen LogP contribution is -2.54. The summed E-state index contributed by atoms with van der Waals surface area (Å²) < 4.78 is 14.0. The third kappa shape index (κ3) is 4.86. The molecule has 0 bridgehead atoms. The van der Waals surface area contributed by atoms with E-state index < -0.39 is 6.04 Å². The van der Waals surface area contributed by atoms with E-state index in [0.717, 1.165) is 5.56 Å². The molecule has 1 amide bonds. The van der Waals surface area contributed by atoms with E-state index in [1.54, 1.807) is 18.2 Å². The van der Waals surface area contributed by atoms with E-state index in [0.29, 0.717) is 43.2 Å². The largest absolute Gasteiger partial charge is 0.339 e. The van der Waals surface area contributed by atoms with Crippen molar-refractivity contribution in [2.24, 2.45) is 5.73 Å². The van der Waals surface area contributed by atoms with Crippen molar-refractivity contribution < 1.29 is 9.18 Å². The van der Waals surface area contributed by atoms with Crippen LogP contribution in [0.1, 0.15) is 24.1 Å². The van der Waals surface area contributed by atoms with E-state index in [2.05, 4.69) is 4.90 Å². The van der Waals surface area contributed by atoms with Gasteiger partial charge in [-0.2, -0.15) is 0 Å². The van der Waals surface area contributed by atoms with Crippen LogP contribution in [0.4, 0.5) is 4.39 Å². The summed E-state index contributed by atoms with van der Waals surface area (Å²) in [5.74, 6) is -0.225. The molecule has 1 aliphatic heterocycles. The lowest BCUT2D eigenvalue weighted by Gasteiger charge is -2.39. The van der Waals surface area contributed by atoms with Gasteiger partial charge in [-0.25, -0.2) is 4.39 Å². The highest BCUT2D eigenvalue weighted by Crippen LogP contribution is 2.24. The Bertz CT molecular complexity index is 775. The molecule has 1 unspecified atom stereocenters. The van der Waals surface area contributed by atoms with Gasteiger partial charge in [-0.1, -0.05) is 41.9 Å². The normalized spacial score (nSPS) is 17.6. The minimum Gasteiger partial charge on any atom is -0.339 e. The second-order valence-corrected chi connectivity index (χ2v) is 7.43. The molecule has 6 heteroatoms. The van der Waals surface area contributed by atoms with Gasteiger partial charge in [-0.05, 0) is 37.1 Å². The quantitative estimate of drug-likeness (QED) is 0.853. The first kappa shape index (κ1) is 19.8. The molecule has 0 aromatic heterocycles. The standard InChI is InChI=1S/C21H25ClFN3O/c1-15(18-4-2-3-5-19(18)23)25-10-12-26(13-11-25)21(27)20(24)14-16-6-8-17(22)9-7-16/h2-9,15,20H,10-14,24H2,1H3/t15?,20-/m1/s1. The number of halogens is 2. The molecule has 0 spiro atoms. The fourth-order valence-corrected chi connectivity index (χ4v) is 3.66. The molecule has 1 heterocycles. The van der Waals surface area contributed by atoms with Crippen LogP contribution in [-0.2, 0) is 11.2 Å². The van der Waals surface area contributed by atoms with Crippen LogP contribution >= 0.6 is 11.6 Å². The molecule has 27 heavy (non-hydrogen) atoms.